The summed E-state index contributed by atoms with van der Waals surface area (Å²) in [6.07, 6.45) is 0. The molecule has 0 saturated carbocycles. The van der Waals surface area contributed by atoms with Gasteiger partial charge < -0.3 is 20.1 Å². The molecule has 0 aliphatic rings. The molecule has 0 fully saturated rings. The van der Waals surface area contributed by atoms with Crippen molar-refractivity contribution < 1.29 is 9.47 Å². The Morgan fingerprint density at radius 2 is 1.88 bits per heavy atom. The van der Waals surface area contributed by atoms with Crippen LogP contribution in [0.1, 0.15) is 11.1 Å². The van der Waals surface area contributed by atoms with Gasteiger partial charge in [-0.25, -0.2) is 0 Å². The van der Waals surface area contributed by atoms with Crippen LogP contribution in [0.2, 0.25) is 0 Å². The Bertz CT molecular complexity index is 708. The van der Waals surface area contributed by atoms with Gasteiger partial charge in [-0.15, -0.1) is 0 Å². The van der Waals surface area contributed by atoms with Gasteiger partial charge in [0.15, 0.2) is 16.6 Å². The van der Waals surface area contributed by atoms with Gasteiger partial charge in [0, 0.05) is 29.8 Å². The van der Waals surface area contributed by atoms with Crippen LogP contribution in [-0.2, 0) is 5.75 Å². The van der Waals surface area contributed by atoms with Crippen LogP contribution in [0.4, 0.5) is 5.69 Å². The van der Waals surface area contributed by atoms with Crippen LogP contribution >= 0.6 is 24.0 Å². The van der Waals surface area contributed by atoms with Gasteiger partial charge in [0.25, 0.3) is 0 Å². The standard InChI is InChI=1S/C19H24N2O2S2/c1-14-5-4-6-15(11-14)13-25-10-9-20-19(24)21-16-7-8-17(22-2)18(12-16)23-3/h4-8,11-12H,9-10,13H2,1-3H3,(H2,20,21,24). The highest BCUT2D eigenvalue weighted by atomic mass is 32.2. The largest absolute Gasteiger partial charge is 0.493 e. The van der Waals surface area contributed by atoms with Crippen LogP contribution in [0.25, 0.3) is 0 Å². The lowest BCUT2D eigenvalue weighted by molar-refractivity contribution is 0.355. The Kier molecular flexibility index (Phi) is 7.88. The number of thiocarbonyl (C=S) groups is 1. The van der Waals surface area contributed by atoms with Crippen LogP contribution in [0, 0.1) is 6.92 Å². The average Bonchev–Trinajstić information content (AvgIpc) is 2.61. The van der Waals surface area contributed by atoms with E-state index >= 15 is 0 Å². The number of ether oxygens (including phenoxy) is 2. The molecule has 0 atom stereocenters. The van der Waals surface area contributed by atoms with Gasteiger partial charge >= 0.3 is 0 Å². The van der Waals surface area contributed by atoms with Crippen molar-refractivity contribution in [2.24, 2.45) is 0 Å². The molecule has 25 heavy (non-hydrogen) atoms. The number of nitrogens with one attached hydrogen (secondary N) is 2. The summed E-state index contributed by atoms with van der Waals surface area (Å²) in [5.74, 6) is 3.37. The fourth-order valence-corrected chi connectivity index (χ4v) is 3.34. The van der Waals surface area contributed by atoms with Crippen molar-refractivity contribution in [2.75, 3.05) is 31.8 Å². The van der Waals surface area contributed by atoms with Crippen LogP contribution < -0.4 is 20.1 Å². The third-order valence-electron chi connectivity index (χ3n) is 3.52. The fourth-order valence-electron chi connectivity index (χ4n) is 2.32. The smallest absolute Gasteiger partial charge is 0.170 e. The molecule has 2 N–H and O–H groups in total. The molecule has 0 saturated heterocycles. The van der Waals surface area contributed by atoms with Crippen molar-refractivity contribution in [3.63, 3.8) is 0 Å². The monoisotopic (exact) mass is 376 g/mol. The Hall–Kier alpha value is -1.92. The first-order valence-corrected chi connectivity index (χ1v) is 9.59. The second-order valence-electron chi connectivity index (χ2n) is 5.49. The van der Waals surface area contributed by atoms with E-state index in [-0.39, 0.29) is 0 Å². The summed E-state index contributed by atoms with van der Waals surface area (Å²) in [6, 6.07) is 14.2. The normalized spacial score (nSPS) is 10.2. The third kappa shape index (κ3) is 6.48. The maximum Gasteiger partial charge on any atom is 0.170 e. The van der Waals surface area contributed by atoms with Crippen molar-refractivity contribution in [1.82, 2.24) is 5.32 Å². The molecule has 2 rings (SSSR count). The zero-order chi connectivity index (χ0) is 18.1. The lowest BCUT2D eigenvalue weighted by atomic mass is 10.2. The highest BCUT2D eigenvalue weighted by Crippen LogP contribution is 2.29. The minimum atomic E-state index is 0.600. The zero-order valence-electron chi connectivity index (χ0n) is 14.8. The maximum absolute atomic E-state index is 5.33. The molecule has 4 nitrogen and oxygen atoms in total. The number of thioether (sulfide) groups is 1. The Balaban J connectivity index is 1.70. The number of rotatable bonds is 8. The molecule has 134 valence electrons. The first-order chi connectivity index (χ1) is 12.1. The molecule has 6 heteroatoms. The first kappa shape index (κ1) is 19.4. The summed E-state index contributed by atoms with van der Waals surface area (Å²) >= 11 is 7.22. The molecular weight excluding hydrogens is 352 g/mol. The molecule has 0 aromatic heterocycles. The van der Waals surface area contributed by atoms with Crippen LogP contribution in [0.3, 0.4) is 0 Å². The van der Waals surface area contributed by atoms with E-state index < -0.39 is 0 Å². The van der Waals surface area contributed by atoms with E-state index in [1.54, 1.807) is 14.2 Å². The summed E-state index contributed by atoms with van der Waals surface area (Å²) in [4.78, 5) is 0. The summed E-state index contributed by atoms with van der Waals surface area (Å²) in [7, 11) is 3.23. The molecule has 0 unspecified atom stereocenters. The second-order valence-corrected chi connectivity index (χ2v) is 7.01. The van der Waals surface area contributed by atoms with E-state index in [1.165, 1.54) is 11.1 Å². The van der Waals surface area contributed by atoms with E-state index in [2.05, 4.69) is 41.8 Å². The molecule has 0 heterocycles. The predicted molar refractivity (Wildman–Crippen MR) is 111 cm³/mol. The topological polar surface area (TPSA) is 42.5 Å². The van der Waals surface area contributed by atoms with Crippen LogP contribution in [0.15, 0.2) is 42.5 Å². The summed E-state index contributed by atoms with van der Waals surface area (Å²) in [5.41, 5.74) is 3.52. The summed E-state index contributed by atoms with van der Waals surface area (Å²) in [5, 5.41) is 6.98. The predicted octanol–water partition coefficient (Wildman–Crippen LogP) is 4.23. The van der Waals surface area contributed by atoms with Gasteiger partial charge in [-0.3, -0.25) is 0 Å². The van der Waals surface area contributed by atoms with Crippen molar-refractivity contribution in [3.05, 3.63) is 53.6 Å². The maximum atomic E-state index is 5.33. The van der Waals surface area contributed by atoms with Gasteiger partial charge in [0.1, 0.15) is 0 Å². The zero-order valence-corrected chi connectivity index (χ0v) is 16.4. The lowest BCUT2D eigenvalue weighted by Crippen LogP contribution is -2.30. The van der Waals surface area contributed by atoms with Gasteiger partial charge in [0.05, 0.1) is 14.2 Å². The van der Waals surface area contributed by atoms with Crippen molar-refractivity contribution in [3.8, 4) is 11.5 Å². The van der Waals surface area contributed by atoms with E-state index in [0.29, 0.717) is 16.6 Å². The van der Waals surface area contributed by atoms with Crippen LogP contribution in [0.5, 0.6) is 11.5 Å². The SMILES string of the molecule is COc1ccc(NC(=S)NCCSCc2cccc(C)c2)cc1OC. The lowest BCUT2D eigenvalue weighted by Gasteiger charge is -2.13. The molecular formula is C19H24N2O2S2. The molecule has 0 amide bonds. The first-order valence-electron chi connectivity index (χ1n) is 8.02. The van der Waals surface area contributed by atoms with Crippen LogP contribution in [-0.4, -0.2) is 31.6 Å². The number of anilines is 1. The minimum Gasteiger partial charge on any atom is -0.493 e. The number of aryl methyl sites for hydroxylation is 1. The highest BCUT2D eigenvalue weighted by Gasteiger charge is 2.05. The number of methoxy groups -OCH3 is 2. The Labute approximate surface area is 159 Å². The Morgan fingerprint density at radius 1 is 1.08 bits per heavy atom. The van der Waals surface area contributed by atoms with E-state index in [0.717, 1.165) is 23.7 Å². The second kappa shape index (κ2) is 10.2. The van der Waals surface area contributed by atoms with Crippen molar-refractivity contribution in [1.29, 1.82) is 0 Å². The molecule has 2 aromatic rings. The Morgan fingerprint density at radius 3 is 2.60 bits per heavy atom. The van der Waals surface area contributed by atoms with Gasteiger partial charge in [-0.2, -0.15) is 11.8 Å². The van der Waals surface area contributed by atoms with E-state index in [9.17, 15) is 0 Å². The van der Waals surface area contributed by atoms with Gasteiger partial charge in [-0.1, -0.05) is 29.8 Å². The van der Waals surface area contributed by atoms with Gasteiger partial charge in [-0.05, 0) is 36.8 Å². The minimum absolute atomic E-state index is 0.600. The molecule has 0 radical (unpaired) electrons. The molecule has 0 aliphatic heterocycles. The molecule has 0 bridgehead atoms. The third-order valence-corrected chi connectivity index (χ3v) is 4.80. The number of hydrogen-bond donors (Lipinski definition) is 2. The highest BCUT2D eigenvalue weighted by molar-refractivity contribution is 7.98. The fraction of sp³-hybridized carbons (Fsp3) is 0.316. The number of hydrogen-bond acceptors (Lipinski definition) is 4. The van der Waals surface area contributed by atoms with Crippen molar-refractivity contribution in [2.45, 2.75) is 12.7 Å². The van der Waals surface area contributed by atoms with Crippen molar-refractivity contribution >= 4 is 34.8 Å². The van der Waals surface area contributed by atoms with Gasteiger partial charge in [0.2, 0.25) is 0 Å². The average molecular weight is 377 g/mol. The molecule has 0 aliphatic carbocycles. The number of benzene rings is 2. The summed E-state index contributed by atoms with van der Waals surface area (Å²) < 4.78 is 10.5. The molecule has 0 spiro atoms. The van der Waals surface area contributed by atoms with E-state index in [4.69, 9.17) is 21.7 Å². The molecule has 2 aromatic carbocycles. The van der Waals surface area contributed by atoms with E-state index in [1.807, 2.05) is 30.0 Å². The summed E-state index contributed by atoms with van der Waals surface area (Å²) in [6.45, 7) is 2.93. The quantitative estimate of drug-likeness (QED) is 0.531.